The summed E-state index contributed by atoms with van der Waals surface area (Å²) in [7, 11) is 0. The Hall–Kier alpha value is -0.280. The fourth-order valence-electron chi connectivity index (χ4n) is 2.42. The number of hydrogen-bond donors (Lipinski definition) is 1. The minimum atomic E-state index is 0.269. The third-order valence-electron chi connectivity index (χ3n) is 3.59. The molecule has 0 heterocycles. The fourth-order valence-corrected chi connectivity index (χ4v) is 2.73. The van der Waals surface area contributed by atoms with Crippen LogP contribution in [0.1, 0.15) is 46.2 Å². The summed E-state index contributed by atoms with van der Waals surface area (Å²) in [4.78, 5) is 2.48. The van der Waals surface area contributed by atoms with Crippen molar-refractivity contribution >= 4 is 23.2 Å². The highest BCUT2D eigenvalue weighted by Crippen LogP contribution is 2.25. The summed E-state index contributed by atoms with van der Waals surface area (Å²) in [5.41, 5.74) is 1.17. The van der Waals surface area contributed by atoms with Gasteiger partial charge in [-0.2, -0.15) is 0 Å². The average molecular weight is 317 g/mol. The molecule has 2 nitrogen and oxygen atoms in total. The van der Waals surface area contributed by atoms with Crippen LogP contribution in [0.4, 0.5) is 0 Å². The molecule has 0 aliphatic heterocycles. The second kappa shape index (κ2) is 8.23. The Labute approximate surface area is 133 Å². The van der Waals surface area contributed by atoms with Crippen LogP contribution in [0, 0.1) is 0 Å². The topological polar surface area (TPSA) is 15.3 Å². The van der Waals surface area contributed by atoms with Crippen molar-refractivity contribution in [3.05, 3.63) is 33.8 Å². The molecule has 0 saturated heterocycles. The lowest BCUT2D eigenvalue weighted by Crippen LogP contribution is -2.41. The summed E-state index contributed by atoms with van der Waals surface area (Å²) < 4.78 is 0. The Morgan fingerprint density at radius 3 is 2.10 bits per heavy atom. The van der Waals surface area contributed by atoms with Crippen LogP contribution in [-0.4, -0.2) is 30.1 Å². The van der Waals surface area contributed by atoms with E-state index in [-0.39, 0.29) is 6.04 Å². The van der Waals surface area contributed by atoms with E-state index in [0.717, 1.165) is 13.1 Å². The maximum absolute atomic E-state index is 6.06. The molecule has 114 valence electrons. The van der Waals surface area contributed by atoms with Crippen LogP contribution in [-0.2, 0) is 0 Å². The van der Waals surface area contributed by atoms with Gasteiger partial charge in [-0.25, -0.2) is 0 Å². The van der Waals surface area contributed by atoms with Gasteiger partial charge in [0, 0.05) is 31.2 Å². The van der Waals surface area contributed by atoms with Gasteiger partial charge < -0.3 is 5.32 Å². The molecule has 20 heavy (non-hydrogen) atoms. The van der Waals surface area contributed by atoms with Crippen LogP contribution < -0.4 is 5.32 Å². The summed E-state index contributed by atoms with van der Waals surface area (Å²) >= 11 is 12.0. The zero-order valence-corrected chi connectivity index (χ0v) is 14.6. The first-order valence-corrected chi connectivity index (χ1v) is 8.02. The van der Waals surface area contributed by atoms with Crippen molar-refractivity contribution in [2.24, 2.45) is 0 Å². The van der Waals surface area contributed by atoms with Crippen molar-refractivity contribution in [2.45, 2.75) is 52.7 Å². The number of benzene rings is 1. The van der Waals surface area contributed by atoms with Crippen LogP contribution >= 0.6 is 23.2 Å². The standard InChI is InChI=1S/C16H26Cl2N2/c1-11(2)20(12(3)4)9-8-19-13(5)14-6-7-15(17)16(18)10-14/h6-7,10-13,19H,8-9H2,1-5H3. The molecule has 0 amide bonds. The smallest absolute Gasteiger partial charge is 0.0595 e. The number of nitrogens with one attached hydrogen (secondary N) is 1. The predicted octanol–water partition coefficient (Wildman–Crippen LogP) is 4.76. The SMILES string of the molecule is CC(NCCN(C(C)C)C(C)C)c1ccc(Cl)c(Cl)c1. The molecule has 4 heteroatoms. The highest BCUT2D eigenvalue weighted by molar-refractivity contribution is 6.42. The van der Waals surface area contributed by atoms with E-state index >= 15 is 0 Å². The van der Waals surface area contributed by atoms with E-state index in [0.29, 0.717) is 22.1 Å². The van der Waals surface area contributed by atoms with Gasteiger partial charge >= 0.3 is 0 Å². The van der Waals surface area contributed by atoms with Crippen molar-refractivity contribution < 1.29 is 0 Å². The summed E-state index contributed by atoms with van der Waals surface area (Å²) in [6.07, 6.45) is 0. The fraction of sp³-hybridized carbons (Fsp3) is 0.625. The van der Waals surface area contributed by atoms with E-state index in [1.807, 2.05) is 18.2 Å². The van der Waals surface area contributed by atoms with Gasteiger partial charge in [0.2, 0.25) is 0 Å². The number of nitrogens with zero attached hydrogens (tertiary/aromatic N) is 1. The van der Waals surface area contributed by atoms with Crippen LogP contribution in [0.15, 0.2) is 18.2 Å². The van der Waals surface area contributed by atoms with E-state index in [4.69, 9.17) is 23.2 Å². The Morgan fingerprint density at radius 1 is 1.00 bits per heavy atom. The highest BCUT2D eigenvalue weighted by atomic mass is 35.5. The molecule has 0 saturated carbocycles. The van der Waals surface area contributed by atoms with Gasteiger partial charge in [0.25, 0.3) is 0 Å². The van der Waals surface area contributed by atoms with E-state index in [9.17, 15) is 0 Å². The quantitative estimate of drug-likeness (QED) is 0.780. The third-order valence-corrected chi connectivity index (χ3v) is 4.33. The minimum absolute atomic E-state index is 0.269. The van der Waals surface area contributed by atoms with Crippen molar-refractivity contribution in [3.8, 4) is 0 Å². The summed E-state index contributed by atoms with van der Waals surface area (Å²) in [5.74, 6) is 0. The predicted molar refractivity (Wildman–Crippen MR) is 89.9 cm³/mol. The number of halogens is 2. The molecule has 0 aliphatic rings. The van der Waals surface area contributed by atoms with Crippen molar-refractivity contribution in [1.82, 2.24) is 10.2 Å². The van der Waals surface area contributed by atoms with Gasteiger partial charge in [0.15, 0.2) is 0 Å². The molecule has 1 rings (SSSR count). The summed E-state index contributed by atoms with van der Waals surface area (Å²) in [6.45, 7) is 13.1. The zero-order chi connectivity index (χ0) is 15.3. The van der Waals surface area contributed by atoms with Crippen LogP contribution in [0.5, 0.6) is 0 Å². The van der Waals surface area contributed by atoms with Gasteiger partial charge in [-0.1, -0.05) is 29.3 Å². The maximum Gasteiger partial charge on any atom is 0.0595 e. The van der Waals surface area contributed by atoms with Gasteiger partial charge in [0.05, 0.1) is 10.0 Å². The Morgan fingerprint density at radius 2 is 1.60 bits per heavy atom. The van der Waals surface area contributed by atoms with Crippen LogP contribution in [0.3, 0.4) is 0 Å². The Bertz CT molecular complexity index is 411. The molecular weight excluding hydrogens is 291 g/mol. The molecule has 1 aromatic carbocycles. The summed E-state index contributed by atoms with van der Waals surface area (Å²) in [5, 5.41) is 4.76. The van der Waals surface area contributed by atoms with Gasteiger partial charge in [0.1, 0.15) is 0 Å². The largest absolute Gasteiger partial charge is 0.309 e. The molecule has 0 aliphatic carbocycles. The van der Waals surface area contributed by atoms with Gasteiger partial charge in [-0.05, 0) is 52.3 Å². The number of hydrogen-bond acceptors (Lipinski definition) is 2. The van der Waals surface area contributed by atoms with Crippen molar-refractivity contribution in [3.63, 3.8) is 0 Å². The maximum atomic E-state index is 6.06. The molecule has 0 radical (unpaired) electrons. The Kier molecular flexibility index (Phi) is 7.32. The molecule has 0 bridgehead atoms. The molecule has 0 aromatic heterocycles. The molecular formula is C16H26Cl2N2. The average Bonchev–Trinajstić information content (AvgIpc) is 2.36. The van der Waals surface area contributed by atoms with E-state index in [2.05, 4.69) is 44.8 Å². The van der Waals surface area contributed by atoms with Crippen molar-refractivity contribution in [1.29, 1.82) is 0 Å². The molecule has 1 N–H and O–H groups in total. The normalized spacial score (nSPS) is 13.5. The molecule has 1 aromatic rings. The molecule has 1 atom stereocenters. The molecule has 0 fully saturated rings. The van der Waals surface area contributed by atoms with Crippen LogP contribution in [0.25, 0.3) is 0 Å². The first kappa shape index (κ1) is 17.8. The first-order chi connectivity index (χ1) is 9.32. The van der Waals surface area contributed by atoms with E-state index in [1.54, 1.807) is 0 Å². The van der Waals surface area contributed by atoms with E-state index in [1.165, 1.54) is 5.56 Å². The van der Waals surface area contributed by atoms with E-state index < -0.39 is 0 Å². The second-order valence-corrected chi connectivity index (χ2v) is 6.59. The molecule has 0 spiro atoms. The molecule has 1 unspecified atom stereocenters. The zero-order valence-electron chi connectivity index (χ0n) is 13.1. The monoisotopic (exact) mass is 316 g/mol. The van der Waals surface area contributed by atoms with Crippen LogP contribution in [0.2, 0.25) is 10.0 Å². The lowest BCUT2D eigenvalue weighted by Gasteiger charge is -2.31. The lowest BCUT2D eigenvalue weighted by molar-refractivity contribution is 0.174. The lowest BCUT2D eigenvalue weighted by atomic mass is 10.1. The first-order valence-electron chi connectivity index (χ1n) is 7.27. The van der Waals surface area contributed by atoms with Gasteiger partial charge in [-0.15, -0.1) is 0 Å². The summed E-state index contributed by atoms with van der Waals surface area (Å²) in [6, 6.07) is 7.21. The Balaban J connectivity index is 2.50. The number of rotatable bonds is 7. The van der Waals surface area contributed by atoms with Gasteiger partial charge in [-0.3, -0.25) is 4.90 Å². The second-order valence-electron chi connectivity index (χ2n) is 5.77. The minimum Gasteiger partial charge on any atom is -0.309 e. The third kappa shape index (κ3) is 5.25. The highest BCUT2D eigenvalue weighted by Gasteiger charge is 2.13. The van der Waals surface area contributed by atoms with Crippen molar-refractivity contribution in [2.75, 3.05) is 13.1 Å².